The lowest BCUT2D eigenvalue weighted by atomic mass is 10.2. The molecule has 1 amide bonds. The van der Waals surface area contributed by atoms with Crippen molar-refractivity contribution >= 4 is 22.9 Å². The van der Waals surface area contributed by atoms with Gasteiger partial charge >= 0.3 is 0 Å². The Morgan fingerprint density at radius 2 is 2.20 bits per heavy atom. The van der Waals surface area contributed by atoms with E-state index in [1.807, 2.05) is 23.4 Å². The number of para-hydroxylation sites is 1. The van der Waals surface area contributed by atoms with Crippen LogP contribution in [0.2, 0.25) is 0 Å². The zero-order valence-electron chi connectivity index (χ0n) is 11.2. The summed E-state index contributed by atoms with van der Waals surface area (Å²) in [6.07, 6.45) is 0. The molecule has 0 aliphatic rings. The van der Waals surface area contributed by atoms with Crippen molar-refractivity contribution in [2.24, 2.45) is 0 Å². The summed E-state index contributed by atoms with van der Waals surface area (Å²) < 4.78 is 0. The van der Waals surface area contributed by atoms with Crippen molar-refractivity contribution in [3.8, 4) is 6.07 Å². The standard InChI is InChI=1S/C15H15N3OS/c1-18(9-12-6-7-20-11-12)10-15(19)17-14-5-3-2-4-13(14)8-16/h2-7,11H,9-10H2,1H3,(H,17,19). The van der Waals surface area contributed by atoms with E-state index in [0.717, 1.165) is 6.54 Å². The first-order valence-corrected chi connectivity index (χ1v) is 7.12. The molecule has 0 saturated heterocycles. The maximum Gasteiger partial charge on any atom is 0.238 e. The molecule has 0 radical (unpaired) electrons. The smallest absolute Gasteiger partial charge is 0.238 e. The molecular formula is C15H15N3OS. The Kier molecular flexibility index (Phi) is 4.88. The lowest BCUT2D eigenvalue weighted by molar-refractivity contribution is -0.117. The predicted octanol–water partition coefficient (Wildman–Crippen LogP) is 2.69. The average molecular weight is 285 g/mol. The molecule has 102 valence electrons. The third-order valence-electron chi connectivity index (χ3n) is 2.77. The molecule has 0 aliphatic carbocycles. The molecule has 1 aromatic carbocycles. The summed E-state index contributed by atoms with van der Waals surface area (Å²) in [7, 11) is 1.90. The molecule has 0 spiro atoms. The number of amides is 1. The number of hydrogen-bond acceptors (Lipinski definition) is 4. The average Bonchev–Trinajstić information content (AvgIpc) is 2.91. The number of rotatable bonds is 5. The molecule has 20 heavy (non-hydrogen) atoms. The molecule has 5 heteroatoms. The number of nitriles is 1. The van der Waals surface area contributed by atoms with Crippen LogP contribution in [0.25, 0.3) is 0 Å². The highest BCUT2D eigenvalue weighted by molar-refractivity contribution is 7.07. The van der Waals surface area contributed by atoms with Crippen LogP contribution in [-0.2, 0) is 11.3 Å². The quantitative estimate of drug-likeness (QED) is 0.919. The Morgan fingerprint density at radius 3 is 2.90 bits per heavy atom. The highest BCUT2D eigenvalue weighted by Gasteiger charge is 2.09. The fraction of sp³-hybridized carbons (Fsp3) is 0.200. The van der Waals surface area contributed by atoms with E-state index in [9.17, 15) is 4.79 Å². The van der Waals surface area contributed by atoms with E-state index in [1.54, 1.807) is 35.6 Å². The summed E-state index contributed by atoms with van der Waals surface area (Å²) >= 11 is 1.64. The zero-order chi connectivity index (χ0) is 14.4. The van der Waals surface area contributed by atoms with Crippen molar-refractivity contribution in [3.63, 3.8) is 0 Å². The molecule has 1 N–H and O–H groups in total. The predicted molar refractivity (Wildman–Crippen MR) is 80.4 cm³/mol. The summed E-state index contributed by atoms with van der Waals surface area (Å²) in [4.78, 5) is 13.9. The fourth-order valence-corrected chi connectivity index (χ4v) is 2.53. The maximum atomic E-state index is 12.0. The third-order valence-corrected chi connectivity index (χ3v) is 3.50. The monoisotopic (exact) mass is 285 g/mol. The van der Waals surface area contributed by atoms with Crippen molar-refractivity contribution in [3.05, 3.63) is 52.2 Å². The Hall–Kier alpha value is -2.16. The van der Waals surface area contributed by atoms with Crippen LogP contribution in [0.15, 0.2) is 41.1 Å². The van der Waals surface area contributed by atoms with Crippen LogP contribution in [0, 0.1) is 11.3 Å². The van der Waals surface area contributed by atoms with Gasteiger partial charge in [-0.05, 0) is 41.6 Å². The van der Waals surface area contributed by atoms with Crippen LogP contribution >= 0.6 is 11.3 Å². The molecule has 0 fully saturated rings. The molecule has 0 saturated carbocycles. The van der Waals surface area contributed by atoms with Gasteiger partial charge in [0.05, 0.1) is 17.8 Å². The Bertz CT molecular complexity index is 616. The first-order valence-electron chi connectivity index (χ1n) is 6.17. The van der Waals surface area contributed by atoms with Crippen LogP contribution in [0.4, 0.5) is 5.69 Å². The van der Waals surface area contributed by atoms with Crippen molar-refractivity contribution in [2.45, 2.75) is 6.54 Å². The van der Waals surface area contributed by atoms with Crippen molar-refractivity contribution in [1.82, 2.24) is 4.90 Å². The van der Waals surface area contributed by atoms with Gasteiger partial charge in [0.25, 0.3) is 0 Å². The lowest BCUT2D eigenvalue weighted by Crippen LogP contribution is -2.29. The molecular weight excluding hydrogens is 270 g/mol. The number of carbonyl (C=O) groups is 1. The summed E-state index contributed by atoms with van der Waals surface area (Å²) in [5, 5.41) is 15.8. The van der Waals surface area contributed by atoms with Crippen molar-refractivity contribution in [2.75, 3.05) is 18.9 Å². The number of benzene rings is 1. The first-order chi connectivity index (χ1) is 9.69. The van der Waals surface area contributed by atoms with E-state index in [1.165, 1.54) is 5.56 Å². The molecule has 2 aromatic rings. The second kappa shape index (κ2) is 6.85. The van der Waals surface area contributed by atoms with Crippen LogP contribution in [0.3, 0.4) is 0 Å². The Labute approximate surface area is 122 Å². The van der Waals surface area contributed by atoms with Gasteiger partial charge in [-0.15, -0.1) is 0 Å². The topological polar surface area (TPSA) is 56.1 Å². The number of anilines is 1. The summed E-state index contributed by atoms with van der Waals surface area (Å²) in [5.41, 5.74) is 2.23. The zero-order valence-corrected chi connectivity index (χ0v) is 12.0. The Morgan fingerprint density at radius 1 is 1.40 bits per heavy atom. The second-order valence-corrected chi connectivity index (χ2v) is 5.29. The van der Waals surface area contributed by atoms with Gasteiger partial charge in [0.15, 0.2) is 0 Å². The molecule has 0 aliphatic heterocycles. The van der Waals surface area contributed by atoms with E-state index in [-0.39, 0.29) is 12.5 Å². The van der Waals surface area contributed by atoms with Gasteiger partial charge < -0.3 is 5.32 Å². The highest BCUT2D eigenvalue weighted by Crippen LogP contribution is 2.13. The van der Waals surface area contributed by atoms with Crippen molar-refractivity contribution in [1.29, 1.82) is 5.26 Å². The number of carbonyl (C=O) groups excluding carboxylic acids is 1. The van der Waals surface area contributed by atoms with Gasteiger partial charge in [-0.2, -0.15) is 16.6 Å². The Balaban J connectivity index is 1.91. The van der Waals surface area contributed by atoms with E-state index < -0.39 is 0 Å². The summed E-state index contributed by atoms with van der Waals surface area (Å²) in [6.45, 7) is 1.02. The fourth-order valence-electron chi connectivity index (χ4n) is 1.87. The molecule has 1 heterocycles. The second-order valence-electron chi connectivity index (χ2n) is 4.51. The van der Waals surface area contributed by atoms with Crippen LogP contribution in [0.1, 0.15) is 11.1 Å². The third kappa shape index (κ3) is 3.92. The normalized spacial score (nSPS) is 10.2. The SMILES string of the molecule is CN(CC(=O)Nc1ccccc1C#N)Cc1ccsc1. The van der Waals surface area contributed by atoms with E-state index in [2.05, 4.69) is 16.8 Å². The van der Waals surface area contributed by atoms with E-state index in [0.29, 0.717) is 11.3 Å². The molecule has 0 bridgehead atoms. The lowest BCUT2D eigenvalue weighted by Gasteiger charge is -2.15. The molecule has 0 unspecified atom stereocenters. The molecule has 0 atom stereocenters. The maximum absolute atomic E-state index is 12.0. The van der Waals surface area contributed by atoms with Crippen LogP contribution in [0.5, 0.6) is 0 Å². The number of nitrogens with one attached hydrogen (secondary N) is 1. The minimum Gasteiger partial charge on any atom is -0.324 e. The van der Waals surface area contributed by atoms with Gasteiger partial charge in [0, 0.05) is 6.54 Å². The van der Waals surface area contributed by atoms with Crippen molar-refractivity contribution < 1.29 is 4.79 Å². The summed E-state index contributed by atoms with van der Waals surface area (Å²) in [5.74, 6) is -0.120. The minimum atomic E-state index is -0.120. The van der Waals surface area contributed by atoms with Gasteiger partial charge in [0.2, 0.25) is 5.91 Å². The molecule has 4 nitrogen and oxygen atoms in total. The van der Waals surface area contributed by atoms with Gasteiger partial charge in [0.1, 0.15) is 6.07 Å². The number of thiophene rings is 1. The van der Waals surface area contributed by atoms with E-state index >= 15 is 0 Å². The minimum absolute atomic E-state index is 0.120. The van der Waals surface area contributed by atoms with E-state index in [4.69, 9.17) is 5.26 Å². The van der Waals surface area contributed by atoms with Gasteiger partial charge in [-0.25, -0.2) is 0 Å². The largest absolute Gasteiger partial charge is 0.324 e. The van der Waals surface area contributed by atoms with Crippen LogP contribution in [-0.4, -0.2) is 24.4 Å². The first kappa shape index (κ1) is 14.3. The molecule has 1 aromatic heterocycles. The number of likely N-dealkylation sites (N-methyl/N-ethyl adjacent to an activating group) is 1. The number of hydrogen-bond donors (Lipinski definition) is 1. The highest BCUT2D eigenvalue weighted by atomic mass is 32.1. The number of nitrogens with zero attached hydrogens (tertiary/aromatic N) is 2. The van der Waals surface area contributed by atoms with Gasteiger partial charge in [-0.3, -0.25) is 9.69 Å². The van der Waals surface area contributed by atoms with Crippen LogP contribution < -0.4 is 5.32 Å². The molecule has 2 rings (SSSR count). The van der Waals surface area contributed by atoms with Gasteiger partial charge in [-0.1, -0.05) is 12.1 Å². The summed E-state index contributed by atoms with van der Waals surface area (Å²) in [6, 6.07) is 11.1.